The lowest BCUT2D eigenvalue weighted by molar-refractivity contribution is -0.167. The van der Waals surface area contributed by atoms with E-state index in [4.69, 9.17) is 37.9 Å². The summed E-state index contributed by atoms with van der Waals surface area (Å²) < 4.78 is 45.9. The van der Waals surface area contributed by atoms with Gasteiger partial charge >= 0.3 is 81.9 Å². The predicted octanol–water partition coefficient (Wildman–Crippen LogP) is 2.99. The summed E-state index contributed by atoms with van der Waals surface area (Å²) in [6.45, 7) is 21.9. The highest BCUT2D eigenvalue weighted by Crippen LogP contribution is 2.51. The van der Waals surface area contributed by atoms with E-state index in [2.05, 4.69) is 21.3 Å². The summed E-state index contributed by atoms with van der Waals surface area (Å²) in [5.41, 5.74) is -8.51. The largest absolute Gasteiger partial charge is 0.465 e. The molecule has 2 aliphatic rings. The Morgan fingerprint density at radius 3 is 0.750 bits per heavy atom. The van der Waals surface area contributed by atoms with E-state index in [1.165, 1.54) is 55.4 Å². The smallest absolute Gasteiger partial charge is 0.336 e. The van der Waals surface area contributed by atoms with Gasteiger partial charge in [0, 0.05) is 64.4 Å². The lowest BCUT2D eigenvalue weighted by Gasteiger charge is -2.48. The molecule has 630 valence electrons. The molecule has 2 heterocycles. The van der Waals surface area contributed by atoms with Crippen molar-refractivity contribution in [2.24, 2.45) is 45.3 Å². The number of hydrogen-bond donors (Lipinski definition) is 4. The molecule has 4 amide bonds. The van der Waals surface area contributed by atoms with Crippen molar-refractivity contribution in [3.63, 3.8) is 0 Å². The van der Waals surface area contributed by atoms with Crippen LogP contribution in [0.1, 0.15) is 225 Å². The third-order valence-corrected chi connectivity index (χ3v) is 19.6. The summed E-state index contributed by atoms with van der Waals surface area (Å²) in [6.07, 6.45) is 5.46. The second kappa shape index (κ2) is 45.2. The van der Waals surface area contributed by atoms with Crippen molar-refractivity contribution in [2.45, 2.75) is 251 Å². The molecular formula is C76H120N10O26. The molecule has 0 radical (unpaired) electrons. The van der Waals surface area contributed by atoms with Gasteiger partial charge in [-0.25, -0.2) is 56.2 Å². The Kier molecular flexibility index (Phi) is 38.3. The van der Waals surface area contributed by atoms with Crippen LogP contribution in [0.5, 0.6) is 0 Å². The van der Waals surface area contributed by atoms with Gasteiger partial charge in [-0.05, 0) is 154 Å². The Morgan fingerprint density at radius 1 is 0.304 bits per heavy atom. The highest BCUT2D eigenvalue weighted by molar-refractivity contribution is 6.16. The second-order valence-corrected chi connectivity index (χ2v) is 30.5. The number of nitrogens with one attached hydrogen (secondary N) is 4. The summed E-state index contributed by atoms with van der Waals surface area (Å²) in [5, 5.41) is 10.6. The lowest BCUT2D eigenvalue weighted by atomic mass is 9.62. The number of amides is 4. The molecule has 2 aromatic rings. The molecule has 2 saturated carbocycles. The number of aromatic nitrogens is 6. The van der Waals surface area contributed by atoms with Crippen LogP contribution in [0.25, 0.3) is 0 Å². The van der Waals surface area contributed by atoms with Crippen LogP contribution < -0.4 is 55.4 Å². The summed E-state index contributed by atoms with van der Waals surface area (Å²) >= 11 is 0. The minimum absolute atomic E-state index is 0.0571. The van der Waals surface area contributed by atoms with Gasteiger partial charge in [0.2, 0.25) is 47.3 Å². The number of ether oxygens (including phenoxy) is 8. The zero-order valence-corrected chi connectivity index (χ0v) is 67.8. The van der Waals surface area contributed by atoms with Crippen LogP contribution in [-0.4, -0.2) is 178 Å². The predicted molar refractivity (Wildman–Crippen MR) is 402 cm³/mol. The van der Waals surface area contributed by atoms with E-state index < -0.39 is 163 Å². The Balaban J connectivity index is 1.71. The third-order valence-electron chi connectivity index (χ3n) is 19.6. The van der Waals surface area contributed by atoms with Gasteiger partial charge in [-0.15, -0.1) is 0 Å². The fraction of sp³-hybridized carbons (Fsp3) is 0.763. The summed E-state index contributed by atoms with van der Waals surface area (Å²) in [4.78, 5) is 244. The van der Waals surface area contributed by atoms with Gasteiger partial charge < -0.3 is 59.2 Å². The molecule has 36 nitrogen and oxygen atoms in total. The van der Waals surface area contributed by atoms with E-state index in [1.807, 2.05) is 41.5 Å². The minimum atomic E-state index is -1.94. The number of carbonyl (C=O) groups is 12. The van der Waals surface area contributed by atoms with Crippen LogP contribution in [0.2, 0.25) is 0 Å². The van der Waals surface area contributed by atoms with E-state index in [1.54, 1.807) is 0 Å². The first-order valence-corrected chi connectivity index (χ1v) is 39.3. The van der Waals surface area contributed by atoms with Crippen LogP contribution in [0.3, 0.4) is 0 Å². The molecule has 2 fully saturated rings. The molecule has 0 aliphatic heterocycles. The third kappa shape index (κ3) is 27.1. The Labute approximate surface area is 651 Å². The fourth-order valence-electron chi connectivity index (χ4n) is 15.4. The highest BCUT2D eigenvalue weighted by atomic mass is 16.6. The number of unbranched alkanes of at least 4 members (excludes halogenated alkanes) is 9. The van der Waals surface area contributed by atoms with E-state index in [0.717, 1.165) is 27.4 Å². The van der Waals surface area contributed by atoms with Gasteiger partial charge in [-0.2, -0.15) is 0 Å². The van der Waals surface area contributed by atoms with E-state index in [9.17, 15) is 71.9 Å². The van der Waals surface area contributed by atoms with Crippen LogP contribution in [0.15, 0.2) is 28.8 Å². The number of carbonyl (C=O) groups excluding carboxylic acids is 12. The molecule has 0 saturated heterocycles. The molecule has 4 atom stereocenters. The molecule has 0 aromatic carbocycles. The number of rotatable bonds is 47. The maximum atomic E-state index is 15.6. The fourth-order valence-corrected chi connectivity index (χ4v) is 15.4. The molecular weight excluding hydrogens is 1470 g/mol. The number of nitrogens with zero attached hydrogens (tertiary/aromatic N) is 6. The maximum absolute atomic E-state index is 15.6. The molecule has 2 aliphatic carbocycles. The zero-order chi connectivity index (χ0) is 83.8. The van der Waals surface area contributed by atoms with Crippen molar-refractivity contribution in [1.82, 2.24) is 48.7 Å². The van der Waals surface area contributed by atoms with Crippen molar-refractivity contribution in [3.05, 3.63) is 62.9 Å². The first-order chi connectivity index (χ1) is 52.9. The average Bonchev–Trinajstić information content (AvgIpc) is 0.741. The van der Waals surface area contributed by atoms with E-state index in [0.29, 0.717) is 64.2 Å². The van der Waals surface area contributed by atoms with Gasteiger partial charge in [-0.3, -0.25) is 57.5 Å². The topological polar surface area (TPSA) is 459 Å². The van der Waals surface area contributed by atoms with E-state index >= 15 is 14.4 Å². The van der Waals surface area contributed by atoms with Crippen LogP contribution in [0, 0.1) is 45.3 Å². The summed E-state index contributed by atoms with van der Waals surface area (Å²) in [5.74, 6) is -20.0. The minimum Gasteiger partial charge on any atom is -0.465 e. The summed E-state index contributed by atoms with van der Waals surface area (Å²) in [6, 6.07) is -1.83. The molecule has 0 bridgehead atoms. The van der Waals surface area contributed by atoms with Crippen molar-refractivity contribution in [3.8, 4) is 0 Å². The number of esters is 8. The maximum Gasteiger partial charge on any atom is 0.336 e. The molecule has 4 rings (SSSR count). The quantitative estimate of drug-likeness (QED) is 0.0320. The Morgan fingerprint density at radius 2 is 0.518 bits per heavy atom. The van der Waals surface area contributed by atoms with Crippen molar-refractivity contribution in [1.29, 1.82) is 0 Å². The Hall–Kier alpha value is -9.54. The molecule has 2 aromatic heterocycles. The van der Waals surface area contributed by atoms with Gasteiger partial charge in [0.1, 0.15) is 0 Å². The van der Waals surface area contributed by atoms with E-state index in [-0.39, 0.29) is 157 Å². The van der Waals surface area contributed by atoms with Crippen LogP contribution in [-0.2, 0) is 122 Å². The average molecular weight is 1590 g/mol. The van der Waals surface area contributed by atoms with Gasteiger partial charge in [-0.1, -0.05) is 80.1 Å². The SMILES string of the molecule is CCOC(=O)C(C(=O)NCCCCCCn1c(=O)n(CCCCCCNC(=O)C(C(=O)OCC)C(=O)OCC)c(=O)n(CCCCCCn2c(=O)n(C3CC(C)(C)CC(C)(CNC(=O)C(C(=O)OCC)C(=O)OCC)C3)c(=O)n(C3CC(C)(C)CC(C)(CNC(=O)C(C(=O)OCC)C(=O)OCC)C3)c2=O)c1=O)C(=O)OCC. The highest BCUT2D eigenvalue weighted by Gasteiger charge is 2.48. The molecule has 36 heteroatoms. The number of hydrogen-bond acceptors (Lipinski definition) is 26. The van der Waals surface area contributed by atoms with Crippen LogP contribution in [0.4, 0.5) is 0 Å². The van der Waals surface area contributed by atoms with Crippen molar-refractivity contribution in [2.75, 3.05) is 79.0 Å². The van der Waals surface area contributed by atoms with Gasteiger partial charge in [0.15, 0.2) is 0 Å². The van der Waals surface area contributed by atoms with Crippen molar-refractivity contribution >= 4 is 71.4 Å². The van der Waals surface area contributed by atoms with Gasteiger partial charge in [0.25, 0.3) is 0 Å². The first kappa shape index (κ1) is 94.8. The normalized spacial score (nSPS) is 17.7. The van der Waals surface area contributed by atoms with Crippen LogP contribution >= 0.6 is 0 Å². The monoisotopic (exact) mass is 1590 g/mol. The standard InChI is InChI=1S/C76H120N10O26/c1-15-105-59(91)51(60(92)106-16-2)55(87)77-35-29-23-25-31-37-81-67(99)82(38-32-26-24-30-36-78-56(88)52(61(93)107-17-3)62(94)108-18-4)69(101)83(68(81)100)39-33-27-28-34-40-84-70(102)85(49-41-73(9,10)45-75(13,43-49)47-79-57(89)53(63(95)109-19-5)64(96)110-20-6)72(104)86(71(84)103)50-42-74(11,12)46-76(14,44-50)48-80-58(90)54(65(97)111-21-7)66(98)112-22-8/h49-54H,15-48H2,1-14H3,(H,77,87)(H,78,88)(H,79,89)(H,80,90). The lowest BCUT2D eigenvalue weighted by Crippen LogP contribution is -2.59. The Bertz CT molecular complexity index is 3690. The summed E-state index contributed by atoms with van der Waals surface area (Å²) in [7, 11) is 0. The molecule has 4 unspecified atom stereocenters. The zero-order valence-electron chi connectivity index (χ0n) is 67.8. The molecule has 112 heavy (non-hydrogen) atoms. The van der Waals surface area contributed by atoms with Gasteiger partial charge in [0.05, 0.1) is 52.9 Å². The second-order valence-electron chi connectivity index (χ2n) is 30.5. The molecule has 4 N–H and O–H groups in total. The first-order valence-electron chi connectivity index (χ1n) is 39.3. The van der Waals surface area contributed by atoms with Crippen molar-refractivity contribution < 1.29 is 95.4 Å². The molecule has 0 spiro atoms.